The van der Waals surface area contributed by atoms with Gasteiger partial charge in [-0.05, 0) is 30.3 Å². The van der Waals surface area contributed by atoms with E-state index < -0.39 is 0 Å². The monoisotopic (exact) mass is 381 g/mol. The van der Waals surface area contributed by atoms with E-state index in [0.717, 1.165) is 48.4 Å². The average molecular weight is 382 g/mol. The molecule has 2 aromatic heterocycles. The van der Waals surface area contributed by atoms with Gasteiger partial charge in [-0.3, -0.25) is 4.98 Å². The number of halogens is 1. The number of anilines is 5. The molecular weight excluding hydrogens is 362 g/mol. The molecule has 1 saturated heterocycles. The fraction of sp³-hybridized carbons (Fsp3) is 0.211. The van der Waals surface area contributed by atoms with E-state index in [1.807, 2.05) is 30.3 Å². The van der Waals surface area contributed by atoms with E-state index >= 15 is 0 Å². The van der Waals surface area contributed by atoms with Crippen LogP contribution >= 0.6 is 11.6 Å². The first-order valence-electron chi connectivity index (χ1n) is 8.74. The molecule has 1 fully saturated rings. The van der Waals surface area contributed by atoms with Crippen molar-refractivity contribution in [3.8, 4) is 0 Å². The summed E-state index contributed by atoms with van der Waals surface area (Å²) in [7, 11) is 0. The van der Waals surface area contributed by atoms with Gasteiger partial charge in [0.05, 0.1) is 11.9 Å². The van der Waals surface area contributed by atoms with Crippen molar-refractivity contribution in [3.05, 3.63) is 60.1 Å². The molecule has 3 heterocycles. The second-order valence-corrected chi connectivity index (χ2v) is 6.72. The van der Waals surface area contributed by atoms with Gasteiger partial charge in [0.2, 0.25) is 0 Å². The molecule has 7 nitrogen and oxygen atoms in total. The number of hydrogen-bond donors (Lipinski definition) is 2. The van der Waals surface area contributed by atoms with E-state index in [-0.39, 0.29) is 0 Å². The molecule has 27 heavy (non-hydrogen) atoms. The van der Waals surface area contributed by atoms with Crippen molar-refractivity contribution in [1.29, 1.82) is 0 Å². The number of piperazine rings is 1. The van der Waals surface area contributed by atoms with Crippen molar-refractivity contribution in [2.45, 2.75) is 0 Å². The van der Waals surface area contributed by atoms with E-state index in [1.165, 1.54) is 6.33 Å². The summed E-state index contributed by atoms with van der Waals surface area (Å²) in [5, 5.41) is 3.95. The highest BCUT2D eigenvalue weighted by Crippen LogP contribution is 2.29. The van der Waals surface area contributed by atoms with E-state index in [9.17, 15) is 0 Å². The van der Waals surface area contributed by atoms with Crippen LogP contribution in [-0.2, 0) is 0 Å². The summed E-state index contributed by atoms with van der Waals surface area (Å²) in [6.45, 7) is 3.38. The molecule has 1 aliphatic rings. The Balaban J connectivity index is 1.47. The van der Waals surface area contributed by atoms with Crippen LogP contribution in [0.4, 0.5) is 28.7 Å². The summed E-state index contributed by atoms with van der Waals surface area (Å²) in [6.07, 6.45) is 4.98. The Morgan fingerprint density at radius 1 is 1.00 bits per heavy atom. The highest BCUT2D eigenvalue weighted by molar-refractivity contribution is 6.30. The summed E-state index contributed by atoms with van der Waals surface area (Å²) in [4.78, 5) is 17.3. The van der Waals surface area contributed by atoms with Gasteiger partial charge in [-0.1, -0.05) is 17.7 Å². The maximum Gasteiger partial charge on any atom is 0.159 e. The first-order valence-corrected chi connectivity index (χ1v) is 9.11. The third kappa shape index (κ3) is 3.88. The molecule has 4 rings (SSSR count). The summed E-state index contributed by atoms with van der Waals surface area (Å²) in [6, 6.07) is 11.7. The quantitative estimate of drug-likeness (QED) is 0.718. The van der Waals surface area contributed by atoms with Crippen molar-refractivity contribution in [2.24, 2.45) is 0 Å². The van der Waals surface area contributed by atoms with Crippen LogP contribution in [0.2, 0.25) is 5.02 Å². The normalized spacial score (nSPS) is 14.3. The molecule has 0 aliphatic carbocycles. The zero-order valence-corrected chi connectivity index (χ0v) is 15.5. The standard InChI is InChI=1S/C19H20ClN7/c20-14-3-1-5-16(11-14)26-7-9-27(10-8-26)19-17(21)18(23-13-24-19)25-15-4-2-6-22-12-15/h1-6,11-13H,7-10,21H2,(H,23,24,25). The van der Waals surface area contributed by atoms with Gasteiger partial charge < -0.3 is 20.9 Å². The maximum absolute atomic E-state index is 6.35. The molecule has 0 spiro atoms. The number of aromatic nitrogens is 3. The van der Waals surface area contributed by atoms with Crippen molar-refractivity contribution < 1.29 is 0 Å². The summed E-state index contributed by atoms with van der Waals surface area (Å²) in [5.41, 5.74) is 8.86. The molecule has 138 valence electrons. The van der Waals surface area contributed by atoms with Crippen LogP contribution in [0.25, 0.3) is 0 Å². The summed E-state index contributed by atoms with van der Waals surface area (Å²) >= 11 is 6.11. The minimum atomic E-state index is 0.539. The molecule has 0 unspecified atom stereocenters. The highest BCUT2D eigenvalue weighted by Gasteiger charge is 2.21. The van der Waals surface area contributed by atoms with Crippen LogP contribution in [-0.4, -0.2) is 41.1 Å². The summed E-state index contributed by atoms with van der Waals surface area (Å²) in [5.74, 6) is 1.34. The Labute approximate surface area is 162 Å². The third-order valence-electron chi connectivity index (χ3n) is 4.54. The number of benzene rings is 1. The molecule has 8 heteroatoms. The molecule has 1 aromatic carbocycles. The largest absolute Gasteiger partial charge is 0.393 e. The van der Waals surface area contributed by atoms with Crippen molar-refractivity contribution in [3.63, 3.8) is 0 Å². The van der Waals surface area contributed by atoms with Crippen molar-refractivity contribution >= 4 is 40.3 Å². The van der Waals surface area contributed by atoms with Gasteiger partial charge in [0, 0.05) is 43.1 Å². The van der Waals surface area contributed by atoms with Crippen LogP contribution in [0.15, 0.2) is 55.1 Å². The third-order valence-corrected chi connectivity index (χ3v) is 4.77. The molecular formula is C19H20ClN7. The van der Waals surface area contributed by atoms with Gasteiger partial charge in [0.15, 0.2) is 11.6 Å². The van der Waals surface area contributed by atoms with Gasteiger partial charge in [0.25, 0.3) is 0 Å². The van der Waals surface area contributed by atoms with Crippen LogP contribution in [0.5, 0.6) is 0 Å². The summed E-state index contributed by atoms with van der Waals surface area (Å²) < 4.78 is 0. The predicted molar refractivity (Wildman–Crippen MR) is 110 cm³/mol. The number of pyridine rings is 1. The number of rotatable bonds is 4. The van der Waals surface area contributed by atoms with Gasteiger partial charge in [0.1, 0.15) is 12.0 Å². The minimum absolute atomic E-state index is 0.539. The van der Waals surface area contributed by atoms with E-state index in [2.05, 4.69) is 36.1 Å². The van der Waals surface area contributed by atoms with Crippen LogP contribution in [0.3, 0.4) is 0 Å². The van der Waals surface area contributed by atoms with E-state index in [1.54, 1.807) is 12.4 Å². The molecule has 3 N–H and O–H groups in total. The predicted octanol–water partition coefficient (Wildman–Crippen LogP) is 3.18. The zero-order chi connectivity index (χ0) is 18.6. The Kier molecular flexibility index (Phi) is 4.93. The molecule has 0 amide bonds. The molecule has 0 radical (unpaired) electrons. The van der Waals surface area contributed by atoms with Crippen molar-refractivity contribution in [1.82, 2.24) is 15.0 Å². The smallest absolute Gasteiger partial charge is 0.159 e. The number of hydrogen-bond acceptors (Lipinski definition) is 7. The second-order valence-electron chi connectivity index (χ2n) is 6.28. The Bertz CT molecular complexity index is 911. The number of nitrogens with one attached hydrogen (secondary N) is 1. The lowest BCUT2D eigenvalue weighted by atomic mass is 10.2. The van der Waals surface area contributed by atoms with Gasteiger partial charge in [-0.2, -0.15) is 0 Å². The lowest BCUT2D eigenvalue weighted by molar-refractivity contribution is 0.647. The van der Waals surface area contributed by atoms with Crippen LogP contribution in [0, 0.1) is 0 Å². The Morgan fingerprint density at radius 2 is 1.81 bits per heavy atom. The topological polar surface area (TPSA) is 83.2 Å². The molecule has 0 atom stereocenters. The van der Waals surface area contributed by atoms with Crippen LogP contribution < -0.4 is 20.9 Å². The van der Waals surface area contributed by atoms with E-state index in [4.69, 9.17) is 17.3 Å². The van der Waals surface area contributed by atoms with Gasteiger partial charge >= 0.3 is 0 Å². The van der Waals surface area contributed by atoms with Gasteiger partial charge in [-0.25, -0.2) is 9.97 Å². The first-order chi connectivity index (χ1) is 13.2. The Morgan fingerprint density at radius 3 is 2.56 bits per heavy atom. The fourth-order valence-electron chi connectivity index (χ4n) is 3.16. The second kappa shape index (κ2) is 7.67. The number of nitrogens with two attached hydrogens (primary N) is 1. The lowest BCUT2D eigenvalue weighted by Gasteiger charge is -2.37. The SMILES string of the molecule is Nc1c(Nc2cccnc2)ncnc1N1CCN(c2cccc(Cl)c2)CC1. The highest BCUT2D eigenvalue weighted by atomic mass is 35.5. The average Bonchev–Trinajstić information content (AvgIpc) is 2.71. The molecule has 1 aliphatic heterocycles. The van der Waals surface area contributed by atoms with Crippen molar-refractivity contribution in [2.75, 3.05) is 47.0 Å². The minimum Gasteiger partial charge on any atom is -0.393 e. The molecule has 0 saturated carbocycles. The number of nitrogen functional groups attached to an aromatic ring is 1. The zero-order valence-electron chi connectivity index (χ0n) is 14.7. The van der Waals surface area contributed by atoms with Crippen LogP contribution in [0.1, 0.15) is 0 Å². The maximum atomic E-state index is 6.35. The molecule has 0 bridgehead atoms. The molecule has 3 aromatic rings. The van der Waals surface area contributed by atoms with Gasteiger partial charge in [-0.15, -0.1) is 0 Å². The first kappa shape index (κ1) is 17.4. The Hall–Kier alpha value is -3.06. The lowest BCUT2D eigenvalue weighted by Crippen LogP contribution is -2.47. The fourth-order valence-corrected chi connectivity index (χ4v) is 3.35. The number of nitrogens with zero attached hydrogens (tertiary/aromatic N) is 5. The van der Waals surface area contributed by atoms with E-state index in [0.29, 0.717) is 11.5 Å².